The number of carbonyl (C=O) groups is 2. The topological polar surface area (TPSA) is 114 Å². The fraction of sp³-hybridized carbons (Fsp3) is 0.556. The Hall–Kier alpha value is -3.04. The molecule has 194 valence electrons. The number of hydrogen-bond donors (Lipinski definition) is 2. The molecule has 1 fully saturated rings. The van der Waals surface area contributed by atoms with E-state index in [1.807, 2.05) is 52.1 Å². The smallest absolute Gasteiger partial charge is 0.255 e. The molecule has 0 bridgehead atoms. The molecule has 0 aliphatic carbocycles. The second-order valence-corrected chi connectivity index (χ2v) is 10.7. The summed E-state index contributed by atoms with van der Waals surface area (Å²) in [7, 11) is 1.77. The summed E-state index contributed by atoms with van der Waals surface area (Å²) >= 11 is 0. The van der Waals surface area contributed by atoms with E-state index in [0.717, 1.165) is 48.4 Å². The molecule has 1 aromatic carbocycles. The van der Waals surface area contributed by atoms with Gasteiger partial charge in [0.2, 0.25) is 11.9 Å². The van der Waals surface area contributed by atoms with Crippen molar-refractivity contribution >= 4 is 17.8 Å². The van der Waals surface area contributed by atoms with Crippen LogP contribution in [-0.4, -0.2) is 76.5 Å². The molecule has 1 saturated heterocycles. The molecule has 0 radical (unpaired) electrons. The third kappa shape index (κ3) is 5.37. The fourth-order valence-corrected chi connectivity index (χ4v) is 4.75. The lowest BCUT2D eigenvalue weighted by atomic mass is 9.97. The van der Waals surface area contributed by atoms with E-state index in [0.29, 0.717) is 24.5 Å². The van der Waals surface area contributed by atoms with Crippen LogP contribution < -0.4 is 11.1 Å². The number of hydrogen-bond acceptors (Lipinski definition) is 7. The van der Waals surface area contributed by atoms with Gasteiger partial charge in [0.05, 0.1) is 11.7 Å². The molecule has 36 heavy (non-hydrogen) atoms. The van der Waals surface area contributed by atoms with Gasteiger partial charge < -0.3 is 25.6 Å². The first-order chi connectivity index (χ1) is 17.1. The molecule has 1 aromatic heterocycles. The van der Waals surface area contributed by atoms with Gasteiger partial charge in [0, 0.05) is 49.2 Å². The van der Waals surface area contributed by atoms with Crippen LogP contribution in [0.3, 0.4) is 0 Å². The second kappa shape index (κ2) is 10.5. The first-order valence-corrected chi connectivity index (χ1v) is 12.7. The van der Waals surface area contributed by atoms with Crippen LogP contribution in [-0.2, 0) is 9.53 Å². The van der Waals surface area contributed by atoms with Gasteiger partial charge in [-0.05, 0) is 70.7 Å². The van der Waals surface area contributed by atoms with Crippen molar-refractivity contribution in [2.75, 3.05) is 38.7 Å². The zero-order valence-corrected chi connectivity index (χ0v) is 22.0. The molecule has 2 aliphatic heterocycles. The van der Waals surface area contributed by atoms with E-state index in [4.69, 9.17) is 15.5 Å². The molecule has 3 N–H and O–H groups in total. The quantitative estimate of drug-likeness (QED) is 0.608. The van der Waals surface area contributed by atoms with Crippen LogP contribution in [0.1, 0.15) is 67.6 Å². The number of benzene rings is 1. The standard InChI is InChI=1S/C27H38N6O3/c1-17-15-29-26(30-19-9-12-36-13-10-19)31-24(17)18-6-7-20-21(14-18)25(35)33(22(20)8-11-28)16-23(34)32(5)27(2,3)4/h6-7,14-15,19,22H,8-13,16,28H2,1-5H3,(H,29,30,31). The van der Waals surface area contributed by atoms with Crippen molar-refractivity contribution in [1.82, 2.24) is 19.8 Å². The van der Waals surface area contributed by atoms with E-state index >= 15 is 0 Å². The van der Waals surface area contributed by atoms with Crippen LogP contribution in [0.5, 0.6) is 0 Å². The average Bonchev–Trinajstić information content (AvgIpc) is 3.10. The van der Waals surface area contributed by atoms with Gasteiger partial charge in [0.25, 0.3) is 5.91 Å². The number of amides is 2. The summed E-state index contributed by atoms with van der Waals surface area (Å²) in [6.07, 6.45) is 4.24. The minimum Gasteiger partial charge on any atom is -0.381 e. The maximum Gasteiger partial charge on any atom is 0.255 e. The Morgan fingerprint density at radius 3 is 2.67 bits per heavy atom. The summed E-state index contributed by atoms with van der Waals surface area (Å²) in [5, 5.41) is 3.42. The summed E-state index contributed by atoms with van der Waals surface area (Å²) in [6.45, 7) is 9.81. The van der Waals surface area contributed by atoms with Crippen LogP contribution in [0.4, 0.5) is 5.95 Å². The molecular formula is C27H38N6O3. The lowest BCUT2D eigenvalue weighted by Crippen LogP contribution is -2.48. The molecule has 0 spiro atoms. The number of nitrogens with two attached hydrogens (primary N) is 1. The summed E-state index contributed by atoms with van der Waals surface area (Å²) < 4.78 is 5.44. The molecule has 9 nitrogen and oxygen atoms in total. The van der Waals surface area contributed by atoms with Gasteiger partial charge in [0.1, 0.15) is 6.54 Å². The van der Waals surface area contributed by atoms with Crippen molar-refractivity contribution in [3.63, 3.8) is 0 Å². The van der Waals surface area contributed by atoms with Crippen molar-refractivity contribution < 1.29 is 14.3 Å². The Kier molecular flexibility index (Phi) is 7.61. The molecule has 1 atom stereocenters. The highest BCUT2D eigenvalue weighted by Crippen LogP contribution is 2.38. The Labute approximate surface area is 213 Å². The van der Waals surface area contributed by atoms with E-state index in [1.165, 1.54) is 0 Å². The Morgan fingerprint density at radius 2 is 2.00 bits per heavy atom. The number of nitrogens with zero attached hydrogens (tertiary/aromatic N) is 4. The molecule has 3 heterocycles. The number of rotatable bonds is 7. The van der Waals surface area contributed by atoms with Crippen molar-refractivity contribution in [3.05, 3.63) is 41.1 Å². The second-order valence-electron chi connectivity index (χ2n) is 10.7. The molecule has 0 saturated carbocycles. The molecule has 9 heteroatoms. The molecule has 4 rings (SSSR count). The third-order valence-electron chi connectivity index (χ3n) is 7.21. The fourth-order valence-electron chi connectivity index (χ4n) is 4.75. The van der Waals surface area contributed by atoms with Crippen LogP contribution in [0.25, 0.3) is 11.3 Å². The number of fused-ring (bicyclic) bond motifs is 1. The molecule has 2 aliphatic rings. The highest BCUT2D eigenvalue weighted by atomic mass is 16.5. The normalized spacial score (nSPS) is 18.3. The maximum atomic E-state index is 13.5. The van der Waals surface area contributed by atoms with E-state index in [9.17, 15) is 9.59 Å². The highest BCUT2D eigenvalue weighted by Gasteiger charge is 2.38. The number of aromatic nitrogens is 2. The largest absolute Gasteiger partial charge is 0.381 e. The number of ether oxygens (including phenoxy) is 1. The van der Waals surface area contributed by atoms with Gasteiger partial charge in [-0.15, -0.1) is 0 Å². The SMILES string of the molecule is Cc1cnc(NC2CCOCC2)nc1-c1ccc2c(c1)C(=O)N(CC(=O)N(C)C(C)(C)C)C2CCN. The van der Waals surface area contributed by atoms with Crippen molar-refractivity contribution in [1.29, 1.82) is 0 Å². The van der Waals surface area contributed by atoms with E-state index in [1.54, 1.807) is 16.8 Å². The summed E-state index contributed by atoms with van der Waals surface area (Å²) in [4.78, 5) is 39.2. The summed E-state index contributed by atoms with van der Waals surface area (Å²) in [5.74, 6) is 0.336. The first kappa shape index (κ1) is 26.0. The van der Waals surface area contributed by atoms with Gasteiger partial charge >= 0.3 is 0 Å². The van der Waals surface area contributed by atoms with Gasteiger partial charge in [-0.3, -0.25) is 9.59 Å². The predicted octanol–water partition coefficient (Wildman–Crippen LogP) is 3.15. The number of aryl methyl sites for hydroxylation is 1. The van der Waals surface area contributed by atoms with Gasteiger partial charge in [0.15, 0.2) is 0 Å². The predicted molar refractivity (Wildman–Crippen MR) is 140 cm³/mol. The van der Waals surface area contributed by atoms with Crippen LogP contribution in [0.2, 0.25) is 0 Å². The minimum atomic E-state index is -0.329. The maximum absolute atomic E-state index is 13.5. The van der Waals surface area contributed by atoms with Crippen molar-refractivity contribution in [2.45, 2.75) is 64.6 Å². The van der Waals surface area contributed by atoms with Crippen LogP contribution in [0, 0.1) is 6.92 Å². The lowest BCUT2D eigenvalue weighted by Gasteiger charge is -2.34. The zero-order chi connectivity index (χ0) is 26.0. The number of anilines is 1. The van der Waals surface area contributed by atoms with Gasteiger partial charge in [-0.1, -0.05) is 12.1 Å². The Bertz CT molecular complexity index is 1120. The van der Waals surface area contributed by atoms with E-state index in [-0.39, 0.29) is 36.0 Å². The monoisotopic (exact) mass is 494 g/mol. The molecule has 2 amide bonds. The van der Waals surface area contributed by atoms with Gasteiger partial charge in [-0.25, -0.2) is 9.97 Å². The lowest BCUT2D eigenvalue weighted by molar-refractivity contribution is -0.135. The van der Waals surface area contributed by atoms with E-state index < -0.39 is 0 Å². The number of nitrogens with one attached hydrogen (secondary N) is 1. The van der Waals surface area contributed by atoms with Crippen LogP contribution >= 0.6 is 0 Å². The van der Waals surface area contributed by atoms with Crippen molar-refractivity contribution in [2.24, 2.45) is 5.73 Å². The zero-order valence-electron chi connectivity index (χ0n) is 22.0. The molecule has 1 unspecified atom stereocenters. The Balaban J connectivity index is 1.61. The first-order valence-electron chi connectivity index (χ1n) is 12.7. The summed E-state index contributed by atoms with van der Waals surface area (Å²) in [6, 6.07) is 5.93. The third-order valence-corrected chi connectivity index (χ3v) is 7.21. The average molecular weight is 495 g/mol. The van der Waals surface area contributed by atoms with Crippen molar-refractivity contribution in [3.8, 4) is 11.3 Å². The van der Waals surface area contributed by atoms with Crippen LogP contribution in [0.15, 0.2) is 24.4 Å². The summed E-state index contributed by atoms with van der Waals surface area (Å²) in [5.41, 5.74) is 9.65. The number of carbonyl (C=O) groups excluding carboxylic acids is 2. The highest BCUT2D eigenvalue weighted by molar-refractivity contribution is 6.02. The number of likely N-dealkylation sites (N-methyl/N-ethyl adjacent to an activating group) is 1. The minimum absolute atomic E-state index is 0.0208. The van der Waals surface area contributed by atoms with E-state index in [2.05, 4.69) is 10.3 Å². The molecular weight excluding hydrogens is 456 g/mol. The Morgan fingerprint density at radius 1 is 1.28 bits per heavy atom. The van der Waals surface area contributed by atoms with Gasteiger partial charge in [-0.2, -0.15) is 0 Å². The molecule has 2 aromatic rings.